The van der Waals surface area contributed by atoms with Crippen molar-refractivity contribution in [2.24, 2.45) is 0 Å². The second kappa shape index (κ2) is 6.44. The Balaban J connectivity index is 1.71. The molecule has 3 rings (SSSR count). The molecule has 1 amide bonds. The van der Waals surface area contributed by atoms with Crippen molar-refractivity contribution in [2.75, 3.05) is 5.32 Å². The summed E-state index contributed by atoms with van der Waals surface area (Å²) in [5.74, 6) is -0.813. The Morgan fingerprint density at radius 3 is 2.65 bits per heavy atom. The fourth-order valence-corrected chi connectivity index (χ4v) is 2.40. The van der Waals surface area contributed by atoms with E-state index in [9.17, 15) is 14.0 Å². The third kappa shape index (κ3) is 3.45. The molecule has 0 spiro atoms. The van der Waals surface area contributed by atoms with Crippen molar-refractivity contribution in [1.29, 1.82) is 0 Å². The number of anilines is 1. The highest BCUT2D eigenvalue weighted by molar-refractivity contribution is 5.91. The fraction of sp³-hybridized carbons (Fsp3) is 0.111. The largest absolute Gasteiger partial charge is 0.324 e. The molecule has 0 aliphatic rings. The lowest BCUT2D eigenvalue weighted by atomic mass is 10.1. The topological polar surface area (TPSA) is 62.0 Å². The molecular weight excluding hydrogens is 295 g/mol. The van der Waals surface area contributed by atoms with Crippen molar-refractivity contribution < 1.29 is 9.18 Å². The van der Waals surface area contributed by atoms with Crippen LogP contribution in [0.5, 0.6) is 0 Å². The molecule has 2 N–H and O–H groups in total. The van der Waals surface area contributed by atoms with Gasteiger partial charge in [-0.05, 0) is 36.1 Å². The summed E-state index contributed by atoms with van der Waals surface area (Å²) in [7, 11) is 0. The van der Waals surface area contributed by atoms with Gasteiger partial charge in [0.2, 0.25) is 5.91 Å². The number of H-pyrrole nitrogens is 1. The molecule has 4 nitrogen and oxygen atoms in total. The number of fused-ring (bicyclic) bond motifs is 1. The number of amides is 1. The van der Waals surface area contributed by atoms with Crippen LogP contribution in [0.25, 0.3) is 10.9 Å². The summed E-state index contributed by atoms with van der Waals surface area (Å²) in [6.45, 7) is 0. The molecule has 23 heavy (non-hydrogen) atoms. The van der Waals surface area contributed by atoms with E-state index in [1.165, 1.54) is 12.1 Å². The van der Waals surface area contributed by atoms with Gasteiger partial charge in [0, 0.05) is 17.5 Å². The third-order valence-electron chi connectivity index (χ3n) is 3.60. The highest BCUT2D eigenvalue weighted by atomic mass is 19.1. The molecule has 0 aliphatic carbocycles. The Hall–Kier alpha value is -2.95. The van der Waals surface area contributed by atoms with Gasteiger partial charge in [0.1, 0.15) is 5.82 Å². The van der Waals surface area contributed by atoms with Crippen molar-refractivity contribution in [3.63, 3.8) is 0 Å². The van der Waals surface area contributed by atoms with E-state index >= 15 is 0 Å². The summed E-state index contributed by atoms with van der Waals surface area (Å²) in [5.41, 5.74) is 1.23. The van der Waals surface area contributed by atoms with Gasteiger partial charge in [-0.3, -0.25) is 9.59 Å². The molecule has 116 valence electrons. The van der Waals surface area contributed by atoms with Gasteiger partial charge in [0.05, 0.1) is 5.69 Å². The van der Waals surface area contributed by atoms with Crippen LogP contribution in [0.3, 0.4) is 0 Å². The predicted octanol–water partition coefficient (Wildman–Crippen LogP) is 3.24. The van der Waals surface area contributed by atoms with Gasteiger partial charge in [-0.2, -0.15) is 0 Å². The molecule has 0 fully saturated rings. The summed E-state index contributed by atoms with van der Waals surface area (Å²) in [5, 5.41) is 3.42. The molecule has 0 atom stereocenters. The Labute approximate surface area is 132 Å². The van der Waals surface area contributed by atoms with Crippen molar-refractivity contribution in [3.8, 4) is 0 Å². The number of hydrogen-bond donors (Lipinski definition) is 2. The first kappa shape index (κ1) is 15.0. The molecule has 0 bridgehead atoms. The third-order valence-corrected chi connectivity index (χ3v) is 3.60. The van der Waals surface area contributed by atoms with Crippen LogP contribution in [0, 0.1) is 5.82 Å². The van der Waals surface area contributed by atoms with E-state index in [-0.39, 0.29) is 23.6 Å². The van der Waals surface area contributed by atoms with E-state index in [1.807, 2.05) is 24.3 Å². The summed E-state index contributed by atoms with van der Waals surface area (Å²) >= 11 is 0. The van der Waals surface area contributed by atoms with Gasteiger partial charge in [-0.25, -0.2) is 4.39 Å². The number of carbonyl (C=O) groups excluding carboxylic acids is 1. The number of nitrogens with one attached hydrogen (secondary N) is 2. The van der Waals surface area contributed by atoms with Gasteiger partial charge >= 0.3 is 0 Å². The predicted molar refractivity (Wildman–Crippen MR) is 87.9 cm³/mol. The Kier molecular flexibility index (Phi) is 4.19. The van der Waals surface area contributed by atoms with E-state index in [1.54, 1.807) is 18.2 Å². The number of rotatable bonds is 4. The zero-order valence-corrected chi connectivity index (χ0v) is 12.3. The second-order valence-corrected chi connectivity index (χ2v) is 5.24. The lowest BCUT2D eigenvalue weighted by Gasteiger charge is -2.06. The number of aromatic amines is 1. The zero-order chi connectivity index (χ0) is 16.2. The van der Waals surface area contributed by atoms with Gasteiger partial charge in [0.15, 0.2) is 0 Å². The number of aryl methyl sites for hydroxylation is 1. The van der Waals surface area contributed by atoms with Crippen LogP contribution in [-0.2, 0) is 11.2 Å². The van der Waals surface area contributed by atoms with Crippen molar-refractivity contribution in [1.82, 2.24) is 4.98 Å². The summed E-state index contributed by atoms with van der Waals surface area (Å²) in [6, 6.07) is 15.2. The zero-order valence-electron chi connectivity index (χ0n) is 12.3. The average Bonchev–Trinajstić information content (AvgIpc) is 2.55. The van der Waals surface area contributed by atoms with Crippen LogP contribution in [0.15, 0.2) is 59.4 Å². The highest BCUT2D eigenvalue weighted by Crippen LogP contribution is 2.14. The number of aromatic nitrogens is 1. The molecule has 0 saturated carbocycles. The smallest absolute Gasteiger partial charge is 0.251 e. The van der Waals surface area contributed by atoms with E-state index in [2.05, 4.69) is 10.3 Å². The fourth-order valence-electron chi connectivity index (χ4n) is 2.40. The van der Waals surface area contributed by atoms with E-state index in [0.29, 0.717) is 12.0 Å². The molecule has 0 unspecified atom stereocenters. The van der Waals surface area contributed by atoms with Crippen molar-refractivity contribution >= 4 is 22.5 Å². The number of halogens is 1. The average molecular weight is 310 g/mol. The second-order valence-electron chi connectivity index (χ2n) is 5.24. The van der Waals surface area contributed by atoms with Crippen LogP contribution in [0.1, 0.15) is 12.0 Å². The van der Waals surface area contributed by atoms with Crippen LogP contribution in [-0.4, -0.2) is 10.9 Å². The lowest BCUT2D eigenvalue weighted by molar-refractivity contribution is -0.116. The van der Waals surface area contributed by atoms with Crippen LogP contribution >= 0.6 is 0 Å². The maximum atomic E-state index is 13.5. The van der Waals surface area contributed by atoms with E-state index in [4.69, 9.17) is 0 Å². The number of carbonyl (C=O) groups is 1. The molecule has 3 aromatic rings. The van der Waals surface area contributed by atoms with Crippen LogP contribution < -0.4 is 10.9 Å². The molecule has 0 aliphatic heterocycles. The quantitative estimate of drug-likeness (QED) is 0.777. The molecule has 0 saturated heterocycles. The first-order valence-corrected chi connectivity index (χ1v) is 7.29. The van der Waals surface area contributed by atoms with E-state index in [0.717, 1.165) is 10.9 Å². The highest BCUT2D eigenvalue weighted by Gasteiger charge is 2.09. The van der Waals surface area contributed by atoms with Crippen LogP contribution in [0.4, 0.5) is 10.1 Å². The van der Waals surface area contributed by atoms with Gasteiger partial charge < -0.3 is 10.3 Å². The first-order chi connectivity index (χ1) is 11.1. The number of benzene rings is 2. The van der Waals surface area contributed by atoms with Gasteiger partial charge in [-0.1, -0.05) is 30.3 Å². The Morgan fingerprint density at radius 2 is 1.83 bits per heavy atom. The molecule has 1 heterocycles. The maximum Gasteiger partial charge on any atom is 0.251 e. The van der Waals surface area contributed by atoms with Crippen molar-refractivity contribution in [3.05, 3.63) is 76.3 Å². The molecule has 0 radical (unpaired) electrons. The van der Waals surface area contributed by atoms with Gasteiger partial charge in [0.25, 0.3) is 5.56 Å². The van der Waals surface area contributed by atoms with Crippen molar-refractivity contribution in [2.45, 2.75) is 12.8 Å². The first-order valence-electron chi connectivity index (χ1n) is 7.29. The Morgan fingerprint density at radius 1 is 1.09 bits per heavy atom. The number of pyridine rings is 1. The minimum absolute atomic E-state index is 0.107. The SMILES string of the molecule is O=C(CCc1cc2ccccc2[nH]c1=O)Nc1ccccc1F. The minimum atomic E-state index is -0.482. The van der Waals surface area contributed by atoms with Gasteiger partial charge in [-0.15, -0.1) is 0 Å². The lowest BCUT2D eigenvalue weighted by Crippen LogP contribution is -2.17. The molecule has 2 aromatic carbocycles. The Bertz CT molecular complexity index is 918. The van der Waals surface area contributed by atoms with E-state index < -0.39 is 5.82 Å². The summed E-state index contributed by atoms with van der Waals surface area (Å²) in [6.07, 6.45) is 0.399. The molecule has 5 heteroatoms. The normalized spacial score (nSPS) is 10.7. The summed E-state index contributed by atoms with van der Waals surface area (Å²) < 4.78 is 13.5. The summed E-state index contributed by atoms with van der Waals surface area (Å²) in [4.78, 5) is 26.7. The molecule has 1 aromatic heterocycles. The molecular formula is C18H15FN2O2. The number of hydrogen-bond acceptors (Lipinski definition) is 2. The number of para-hydroxylation sites is 2. The maximum absolute atomic E-state index is 13.5. The standard InChI is InChI=1S/C18H15FN2O2/c19-14-6-2-4-8-16(14)20-17(22)10-9-13-11-12-5-1-3-7-15(12)21-18(13)23/h1-8,11H,9-10H2,(H,20,22)(H,21,23). The van der Waals surface area contributed by atoms with Crippen LogP contribution in [0.2, 0.25) is 0 Å². The monoisotopic (exact) mass is 310 g/mol. The minimum Gasteiger partial charge on any atom is -0.324 e.